The zero-order valence-electron chi connectivity index (χ0n) is 10.7. The molecule has 4 rings (SSSR count). The Morgan fingerprint density at radius 2 is 2.20 bits per heavy atom. The summed E-state index contributed by atoms with van der Waals surface area (Å²) in [5.41, 5.74) is 1.72. The molecule has 20 heavy (non-hydrogen) atoms. The van der Waals surface area contributed by atoms with Crippen molar-refractivity contribution in [3.63, 3.8) is 0 Å². The quantitative estimate of drug-likeness (QED) is 0.793. The average Bonchev–Trinajstić information content (AvgIpc) is 3.04. The molecule has 1 aromatic carbocycles. The van der Waals surface area contributed by atoms with Gasteiger partial charge in [-0.15, -0.1) is 0 Å². The lowest BCUT2D eigenvalue weighted by molar-refractivity contribution is 0.509. The first-order valence-electron chi connectivity index (χ1n) is 6.64. The predicted octanol–water partition coefficient (Wildman–Crippen LogP) is 2.70. The van der Waals surface area contributed by atoms with Crippen LogP contribution in [0.3, 0.4) is 0 Å². The van der Waals surface area contributed by atoms with Crippen molar-refractivity contribution in [2.24, 2.45) is 0 Å². The number of aromatic amines is 1. The molecular weight excluding hydrogens is 254 g/mol. The third kappa shape index (κ3) is 1.97. The standard InChI is InChI=1S/C15H13N3O2/c19-14-6-7-18(17-14)12-3-1-2-11(8-12)13-9-16-15(20-13)10-4-5-10/h1-3,6-10H,4-5H2,(H,17,19). The molecule has 100 valence electrons. The van der Waals surface area contributed by atoms with E-state index in [1.807, 2.05) is 24.3 Å². The van der Waals surface area contributed by atoms with Crippen molar-refractivity contribution in [1.29, 1.82) is 0 Å². The van der Waals surface area contributed by atoms with Gasteiger partial charge in [-0.1, -0.05) is 12.1 Å². The van der Waals surface area contributed by atoms with Gasteiger partial charge in [0.1, 0.15) is 0 Å². The number of hydrogen-bond acceptors (Lipinski definition) is 3. The van der Waals surface area contributed by atoms with Gasteiger partial charge >= 0.3 is 0 Å². The van der Waals surface area contributed by atoms with E-state index in [1.165, 1.54) is 18.9 Å². The van der Waals surface area contributed by atoms with Crippen LogP contribution in [0.2, 0.25) is 0 Å². The molecule has 2 heterocycles. The number of H-pyrrole nitrogens is 1. The van der Waals surface area contributed by atoms with Gasteiger partial charge in [0.15, 0.2) is 11.7 Å². The van der Waals surface area contributed by atoms with E-state index in [-0.39, 0.29) is 5.56 Å². The van der Waals surface area contributed by atoms with Gasteiger partial charge in [0, 0.05) is 23.7 Å². The minimum absolute atomic E-state index is 0.119. The third-order valence-electron chi connectivity index (χ3n) is 3.46. The van der Waals surface area contributed by atoms with E-state index in [9.17, 15) is 4.79 Å². The molecule has 5 nitrogen and oxygen atoms in total. The lowest BCUT2D eigenvalue weighted by Gasteiger charge is -2.03. The maximum absolute atomic E-state index is 11.2. The Morgan fingerprint density at radius 3 is 2.95 bits per heavy atom. The second kappa shape index (κ2) is 4.23. The van der Waals surface area contributed by atoms with Crippen LogP contribution in [-0.4, -0.2) is 14.8 Å². The second-order valence-corrected chi connectivity index (χ2v) is 5.05. The maximum atomic E-state index is 11.2. The number of aromatic nitrogens is 3. The molecule has 1 aliphatic carbocycles. The minimum Gasteiger partial charge on any atom is -0.440 e. The minimum atomic E-state index is -0.119. The number of nitrogens with one attached hydrogen (secondary N) is 1. The van der Waals surface area contributed by atoms with Crippen LogP contribution in [0.1, 0.15) is 24.7 Å². The number of oxazole rings is 1. The average molecular weight is 267 g/mol. The monoisotopic (exact) mass is 267 g/mol. The van der Waals surface area contributed by atoms with E-state index >= 15 is 0 Å². The number of benzene rings is 1. The van der Waals surface area contributed by atoms with Crippen molar-refractivity contribution in [3.8, 4) is 17.0 Å². The fourth-order valence-corrected chi connectivity index (χ4v) is 2.24. The van der Waals surface area contributed by atoms with Gasteiger partial charge in [-0.2, -0.15) is 0 Å². The largest absolute Gasteiger partial charge is 0.440 e. The summed E-state index contributed by atoms with van der Waals surface area (Å²) in [5, 5.41) is 2.72. The summed E-state index contributed by atoms with van der Waals surface area (Å²) in [6.45, 7) is 0. The molecule has 5 heteroatoms. The molecule has 0 amide bonds. The highest BCUT2D eigenvalue weighted by molar-refractivity contribution is 5.60. The summed E-state index contributed by atoms with van der Waals surface area (Å²) in [6.07, 6.45) is 5.82. The first kappa shape index (κ1) is 11.3. The van der Waals surface area contributed by atoms with E-state index in [4.69, 9.17) is 4.42 Å². The van der Waals surface area contributed by atoms with Crippen molar-refractivity contribution in [2.75, 3.05) is 0 Å². The Balaban J connectivity index is 1.72. The number of rotatable bonds is 3. The molecule has 1 N–H and O–H groups in total. The van der Waals surface area contributed by atoms with Crippen molar-refractivity contribution in [2.45, 2.75) is 18.8 Å². The van der Waals surface area contributed by atoms with Gasteiger partial charge < -0.3 is 4.42 Å². The molecule has 0 unspecified atom stereocenters. The molecule has 0 atom stereocenters. The Bertz CT molecular complexity index is 808. The van der Waals surface area contributed by atoms with Crippen molar-refractivity contribution in [1.82, 2.24) is 14.8 Å². The Labute approximate surface area is 114 Å². The van der Waals surface area contributed by atoms with Gasteiger partial charge in [-0.3, -0.25) is 14.6 Å². The van der Waals surface area contributed by atoms with Gasteiger partial charge in [0.2, 0.25) is 0 Å². The number of hydrogen-bond donors (Lipinski definition) is 1. The molecule has 2 aromatic heterocycles. The maximum Gasteiger partial charge on any atom is 0.264 e. The molecular formula is C15H13N3O2. The van der Waals surface area contributed by atoms with Crippen molar-refractivity contribution < 1.29 is 4.42 Å². The van der Waals surface area contributed by atoms with E-state index < -0.39 is 0 Å². The zero-order chi connectivity index (χ0) is 13.5. The van der Waals surface area contributed by atoms with Crippen LogP contribution >= 0.6 is 0 Å². The van der Waals surface area contributed by atoms with Crippen LogP contribution in [0.5, 0.6) is 0 Å². The Morgan fingerprint density at radius 1 is 1.30 bits per heavy atom. The molecule has 0 radical (unpaired) electrons. The second-order valence-electron chi connectivity index (χ2n) is 5.05. The zero-order valence-corrected chi connectivity index (χ0v) is 10.7. The molecule has 0 aliphatic heterocycles. The Hall–Kier alpha value is -2.56. The lowest BCUT2D eigenvalue weighted by Crippen LogP contribution is -2.02. The first-order valence-corrected chi connectivity index (χ1v) is 6.64. The topological polar surface area (TPSA) is 63.8 Å². The van der Waals surface area contributed by atoms with E-state index in [0.717, 1.165) is 22.9 Å². The van der Waals surface area contributed by atoms with Gasteiger partial charge in [0.25, 0.3) is 5.56 Å². The van der Waals surface area contributed by atoms with Gasteiger partial charge in [-0.25, -0.2) is 4.98 Å². The summed E-state index contributed by atoms with van der Waals surface area (Å²) >= 11 is 0. The van der Waals surface area contributed by atoms with Crippen LogP contribution in [0.4, 0.5) is 0 Å². The smallest absolute Gasteiger partial charge is 0.264 e. The van der Waals surface area contributed by atoms with Crippen LogP contribution < -0.4 is 5.56 Å². The van der Waals surface area contributed by atoms with Gasteiger partial charge in [0.05, 0.1) is 11.9 Å². The Kier molecular flexibility index (Phi) is 2.39. The molecule has 0 bridgehead atoms. The van der Waals surface area contributed by atoms with Crippen LogP contribution in [-0.2, 0) is 0 Å². The summed E-state index contributed by atoms with van der Waals surface area (Å²) in [5.74, 6) is 2.11. The fraction of sp³-hybridized carbons (Fsp3) is 0.200. The molecule has 0 saturated heterocycles. The third-order valence-corrected chi connectivity index (χ3v) is 3.46. The normalized spacial score (nSPS) is 14.6. The number of nitrogens with zero attached hydrogens (tertiary/aromatic N) is 2. The highest BCUT2D eigenvalue weighted by Gasteiger charge is 2.28. The highest BCUT2D eigenvalue weighted by atomic mass is 16.4. The fourth-order valence-electron chi connectivity index (χ4n) is 2.24. The molecule has 1 aliphatic rings. The predicted molar refractivity (Wildman–Crippen MR) is 73.9 cm³/mol. The van der Waals surface area contributed by atoms with E-state index in [1.54, 1.807) is 17.1 Å². The first-order chi connectivity index (χ1) is 9.79. The van der Waals surface area contributed by atoms with Crippen LogP contribution in [0.15, 0.2) is 51.9 Å². The molecule has 1 saturated carbocycles. The summed E-state index contributed by atoms with van der Waals surface area (Å²) in [6, 6.07) is 9.29. The highest BCUT2D eigenvalue weighted by Crippen LogP contribution is 2.40. The summed E-state index contributed by atoms with van der Waals surface area (Å²) < 4.78 is 7.48. The molecule has 1 fully saturated rings. The lowest BCUT2D eigenvalue weighted by atomic mass is 10.1. The SMILES string of the molecule is O=c1ccn(-c2cccc(-c3cnc(C4CC4)o3)c2)[nH]1. The molecule has 0 spiro atoms. The van der Waals surface area contributed by atoms with E-state index in [0.29, 0.717) is 5.92 Å². The van der Waals surface area contributed by atoms with Gasteiger partial charge in [-0.05, 0) is 25.0 Å². The summed E-state index contributed by atoms with van der Waals surface area (Å²) in [7, 11) is 0. The summed E-state index contributed by atoms with van der Waals surface area (Å²) in [4.78, 5) is 15.5. The van der Waals surface area contributed by atoms with Crippen LogP contribution in [0, 0.1) is 0 Å². The van der Waals surface area contributed by atoms with Crippen molar-refractivity contribution >= 4 is 0 Å². The van der Waals surface area contributed by atoms with Crippen LogP contribution in [0.25, 0.3) is 17.0 Å². The van der Waals surface area contributed by atoms with E-state index in [2.05, 4.69) is 10.1 Å². The molecule has 3 aromatic rings. The van der Waals surface area contributed by atoms with Crippen molar-refractivity contribution in [3.05, 3.63) is 59.0 Å².